The highest BCUT2D eigenvalue weighted by molar-refractivity contribution is 7.20. The van der Waals surface area contributed by atoms with Gasteiger partial charge in [-0.1, -0.05) is 24.3 Å². The molecule has 0 spiro atoms. The number of anilines is 1. The normalized spacial score (nSPS) is 11.3. The van der Waals surface area contributed by atoms with Gasteiger partial charge in [0, 0.05) is 23.0 Å². The topological polar surface area (TPSA) is 33.2 Å². The van der Waals surface area contributed by atoms with Gasteiger partial charge in [0.15, 0.2) is 0 Å². The number of hydrogen-bond donors (Lipinski definition) is 0. The van der Waals surface area contributed by atoms with Crippen LogP contribution in [0.3, 0.4) is 0 Å². The summed E-state index contributed by atoms with van der Waals surface area (Å²) in [6, 6.07) is 16.6. The minimum atomic E-state index is 0.0365. The summed E-state index contributed by atoms with van der Waals surface area (Å²) in [4.78, 5) is 21.5. The van der Waals surface area contributed by atoms with Crippen LogP contribution in [0.4, 0.5) is 5.69 Å². The molecule has 0 atom stereocenters. The van der Waals surface area contributed by atoms with Crippen molar-refractivity contribution in [2.45, 2.75) is 27.7 Å². The summed E-state index contributed by atoms with van der Waals surface area (Å²) in [5.41, 5.74) is 5.41. The third-order valence-corrected chi connectivity index (χ3v) is 5.92. The van der Waals surface area contributed by atoms with E-state index in [0.717, 1.165) is 42.8 Å². The minimum Gasteiger partial charge on any atom is -0.308 e. The fraction of sp³-hybridized carbons (Fsp3) is 0.217. The molecular weight excluding hydrogens is 352 g/mol. The molecule has 0 saturated heterocycles. The van der Waals surface area contributed by atoms with E-state index in [1.54, 1.807) is 0 Å². The Morgan fingerprint density at radius 2 is 1.70 bits per heavy atom. The number of hydrogen-bond acceptors (Lipinski definition) is 3. The Kier molecular flexibility index (Phi) is 4.44. The summed E-state index contributed by atoms with van der Waals surface area (Å²) in [5, 5.41) is 2.13. The number of pyridine rings is 1. The van der Waals surface area contributed by atoms with E-state index >= 15 is 0 Å². The van der Waals surface area contributed by atoms with E-state index < -0.39 is 0 Å². The average molecular weight is 375 g/mol. The molecule has 0 aliphatic carbocycles. The molecule has 2 aromatic carbocycles. The fourth-order valence-electron chi connectivity index (χ4n) is 3.41. The molecule has 136 valence electrons. The first-order valence-corrected chi connectivity index (χ1v) is 9.98. The maximum Gasteiger partial charge on any atom is 0.268 e. The molecule has 2 aromatic heterocycles. The zero-order valence-electron chi connectivity index (χ0n) is 16.0. The number of nitrogens with zero attached hydrogens (tertiary/aromatic N) is 2. The Balaban J connectivity index is 1.79. The van der Waals surface area contributed by atoms with Crippen molar-refractivity contribution in [3.05, 3.63) is 70.1 Å². The predicted octanol–water partition coefficient (Wildman–Crippen LogP) is 6.04. The van der Waals surface area contributed by atoms with Crippen molar-refractivity contribution in [3.8, 4) is 0 Å². The monoisotopic (exact) mass is 374 g/mol. The smallest absolute Gasteiger partial charge is 0.268 e. The molecule has 1 amide bonds. The van der Waals surface area contributed by atoms with E-state index in [1.807, 2.05) is 24.8 Å². The van der Waals surface area contributed by atoms with Gasteiger partial charge in [0.25, 0.3) is 5.91 Å². The van der Waals surface area contributed by atoms with Gasteiger partial charge in [-0.05, 0) is 68.7 Å². The predicted molar refractivity (Wildman–Crippen MR) is 115 cm³/mol. The van der Waals surface area contributed by atoms with Crippen LogP contribution in [0.5, 0.6) is 0 Å². The van der Waals surface area contributed by atoms with Gasteiger partial charge in [-0.25, -0.2) is 4.98 Å². The highest BCUT2D eigenvalue weighted by Crippen LogP contribution is 2.30. The summed E-state index contributed by atoms with van der Waals surface area (Å²) >= 11 is 1.47. The molecule has 0 aliphatic heterocycles. The van der Waals surface area contributed by atoms with Crippen molar-refractivity contribution in [3.63, 3.8) is 0 Å². The number of thiophene rings is 1. The number of carbonyl (C=O) groups is 1. The molecule has 0 N–H and O–H groups in total. The van der Waals surface area contributed by atoms with E-state index in [9.17, 15) is 4.79 Å². The van der Waals surface area contributed by atoms with E-state index in [1.165, 1.54) is 16.9 Å². The van der Waals surface area contributed by atoms with Crippen molar-refractivity contribution in [1.29, 1.82) is 0 Å². The molecule has 2 heterocycles. The third kappa shape index (κ3) is 3.21. The number of amides is 1. The summed E-state index contributed by atoms with van der Waals surface area (Å²) in [5.74, 6) is 0.0365. The molecule has 4 heteroatoms. The lowest BCUT2D eigenvalue weighted by molar-refractivity contribution is 0.0992. The molecule has 4 rings (SSSR count). The average Bonchev–Trinajstić information content (AvgIpc) is 3.06. The van der Waals surface area contributed by atoms with Crippen LogP contribution in [-0.2, 0) is 0 Å². The summed E-state index contributed by atoms with van der Waals surface area (Å²) in [6.45, 7) is 8.82. The SMILES string of the molecule is CCN(C(=O)c1cc2cc3ccc(C)cc3nc2s1)c1cc(C)ccc1C. The van der Waals surface area contributed by atoms with Crippen LogP contribution in [0.15, 0.2) is 48.5 Å². The van der Waals surface area contributed by atoms with E-state index in [4.69, 9.17) is 4.98 Å². The second-order valence-corrected chi connectivity index (χ2v) is 8.06. The van der Waals surface area contributed by atoms with E-state index in [0.29, 0.717) is 6.54 Å². The molecule has 0 saturated carbocycles. The van der Waals surface area contributed by atoms with Crippen molar-refractivity contribution >= 4 is 44.1 Å². The van der Waals surface area contributed by atoms with E-state index in [2.05, 4.69) is 56.3 Å². The van der Waals surface area contributed by atoms with Crippen molar-refractivity contribution in [2.75, 3.05) is 11.4 Å². The Hall–Kier alpha value is -2.72. The minimum absolute atomic E-state index is 0.0365. The Labute approximate surface area is 163 Å². The van der Waals surface area contributed by atoms with Crippen molar-refractivity contribution < 1.29 is 4.79 Å². The van der Waals surface area contributed by atoms with Crippen molar-refractivity contribution in [2.24, 2.45) is 0 Å². The first-order valence-electron chi connectivity index (χ1n) is 9.16. The van der Waals surface area contributed by atoms with E-state index in [-0.39, 0.29) is 5.91 Å². The van der Waals surface area contributed by atoms with Crippen LogP contribution in [0.2, 0.25) is 0 Å². The highest BCUT2D eigenvalue weighted by Gasteiger charge is 2.20. The van der Waals surface area contributed by atoms with Gasteiger partial charge >= 0.3 is 0 Å². The van der Waals surface area contributed by atoms with Gasteiger partial charge in [-0.15, -0.1) is 11.3 Å². The fourth-order valence-corrected chi connectivity index (χ4v) is 4.38. The van der Waals surface area contributed by atoms with Gasteiger partial charge in [-0.3, -0.25) is 4.79 Å². The highest BCUT2D eigenvalue weighted by atomic mass is 32.1. The quantitative estimate of drug-likeness (QED) is 0.438. The lowest BCUT2D eigenvalue weighted by Gasteiger charge is -2.22. The summed E-state index contributed by atoms with van der Waals surface area (Å²) < 4.78 is 0. The standard InChI is InChI=1S/C23H22N2OS/c1-5-25(20-11-15(3)6-8-16(20)4)23(26)21-13-18-12-17-9-7-14(2)10-19(17)24-22(18)27-21/h6-13H,5H2,1-4H3. The van der Waals surface area contributed by atoms with Gasteiger partial charge in [0.05, 0.1) is 10.4 Å². The maximum absolute atomic E-state index is 13.3. The van der Waals surface area contributed by atoms with Crippen LogP contribution in [0.25, 0.3) is 21.1 Å². The first-order chi connectivity index (χ1) is 13.0. The van der Waals surface area contributed by atoms with Crippen molar-refractivity contribution in [1.82, 2.24) is 4.98 Å². The number of fused-ring (bicyclic) bond motifs is 2. The molecule has 27 heavy (non-hydrogen) atoms. The number of benzene rings is 2. The molecule has 0 radical (unpaired) electrons. The Bertz CT molecular complexity index is 1180. The van der Waals surface area contributed by atoms with Gasteiger partial charge in [0.1, 0.15) is 4.83 Å². The summed E-state index contributed by atoms with van der Waals surface area (Å²) in [7, 11) is 0. The van der Waals surface area contributed by atoms with Crippen LogP contribution in [-0.4, -0.2) is 17.4 Å². The number of aryl methyl sites for hydroxylation is 3. The number of carbonyl (C=O) groups excluding carboxylic acids is 1. The second-order valence-electron chi connectivity index (χ2n) is 7.03. The van der Waals surface area contributed by atoms with Crippen LogP contribution < -0.4 is 4.90 Å². The zero-order valence-corrected chi connectivity index (χ0v) is 16.9. The first kappa shape index (κ1) is 17.7. The van der Waals surface area contributed by atoms with Gasteiger partial charge in [-0.2, -0.15) is 0 Å². The lowest BCUT2D eigenvalue weighted by Crippen LogP contribution is -2.30. The molecule has 0 aliphatic rings. The lowest BCUT2D eigenvalue weighted by atomic mass is 10.1. The molecule has 0 fully saturated rings. The van der Waals surface area contributed by atoms with Crippen LogP contribution in [0.1, 0.15) is 33.3 Å². The second kappa shape index (κ2) is 6.78. The Morgan fingerprint density at radius 1 is 0.963 bits per heavy atom. The van der Waals surface area contributed by atoms with Crippen LogP contribution in [0, 0.1) is 20.8 Å². The third-order valence-electron chi connectivity index (χ3n) is 4.89. The van der Waals surface area contributed by atoms with Gasteiger partial charge in [0.2, 0.25) is 0 Å². The zero-order chi connectivity index (χ0) is 19.1. The molecule has 0 bridgehead atoms. The Morgan fingerprint density at radius 3 is 2.48 bits per heavy atom. The number of rotatable bonds is 3. The molecular formula is C23H22N2OS. The maximum atomic E-state index is 13.3. The van der Waals surface area contributed by atoms with Gasteiger partial charge < -0.3 is 4.90 Å². The summed E-state index contributed by atoms with van der Waals surface area (Å²) in [6.07, 6.45) is 0. The molecule has 3 nitrogen and oxygen atoms in total. The molecule has 0 unspecified atom stereocenters. The molecule has 4 aromatic rings. The van der Waals surface area contributed by atoms with Crippen LogP contribution >= 0.6 is 11.3 Å². The number of aromatic nitrogens is 1. The largest absolute Gasteiger partial charge is 0.308 e.